The molecule has 0 atom stereocenters. The van der Waals surface area contributed by atoms with E-state index in [1.54, 1.807) is 7.11 Å². The van der Waals surface area contributed by atoms with Crippen LogP contribution in [0.25, 0.3) is 0 Å². The van der Waals surface area contributed by atoms with E-state index in [2.05, 4.69) is 10.1 Å². The molecule has 1 rings (SSSR count). The molecule has 0 fully saturated rings. The number of methoxy groups -OCH3 is 2. The Bertz CT molecular complexity index is 364. The third-order valence-corrected chi connectivity index (χ3v) is 2.54. The Labute approximate surface area is 113 Å². The summed E-state index contributed by atoms with van der Waals surface area (Å²) >= 11 is 0. The normalized spacial score (nSPS) is 10.2. The van der Waals surface area contributed by atoms with E-state index in [1.807, 2.05) is 24.3 Å². The third-order valence-electron chi connectivity index (χ3n) is 2.54. The SMILES string of the molecule is COCCCNCc1ccc(OCC(=O)OC)cc1. The maximum atomic E-state index is 10.9. The predicted molar refractivity (Wildman–Crippen MR) is 72.2 cm³/mol. The van der Waals surface area contributed by atoms with Gasteiger partial charge < -0.3 is 19.5 Å². The van der Waals surface area contributed by atoms with E-state index < -0.39 is 0 Å². The molecule has 1 N–H and O–H groups in total. The van der Waals surface area contributed by atoms with Crippen LogP contribution >= 0.6 is 0 Å². The van der Waals surface area contributed by atoms with Crippen LogP contribution in [0.2, 0.25) is 0 Å². The van der Waals surface area contributed by atoms with Gasteiger partial charge in [-0.3, -0.25) is 0 Å². The van der Waals surface area contributed by atoms with Crippen LogP contribution in [0.3, 0.4) is 0 Å². The number of esters is 1. The largest absolute Gasteiger partial charge is 0.482 e. The van der Waals surface area contributed by atoms with Crippen molar-refractivity contribution in [2.75, 3.05) is 34.0 Å². The van der Waals surface area contributed by atoms with Crippen molar-refractivity contribution in [3.8, 4) is 5.75 Å². The molecule has 0 aliphatic rings. The van der Waals surface area contributed by atoms with Gasteiger partial charge >= 0.3 is 5.97 Å². The molecule has 0 saturated heterocycles. The molecule has 0 spiro atoms. The fourth-order valence-corrected chi connectivity index (χ4v) is 1.48. The minimum absolute atomic E-state index is 0.0644. The van der Waals surface area contributed by atoms with E-state index in [4.69, 9.17) is 9.47 Å². The van der Waals surface area contributed by atoms with Crippen LogP contribution in [-0.4, -0.2) is 39.9 Å². The van der Waals surface area contributed by atoms with Gasteiger partial charge in [0.25, 0.3) is 0 Å². The lowest BCUT2D eigenvalue weighted by Gasteiger charge is -2.07. The summed E-state index contributed by atoms with van der Waals surface area (Å²) in [7, 11) is 3.04. The van der Waals surface area contributed by atoms with Crippen LogP contribution < -0.4 is 10.1 Å². The highest BCUT2D eigenvalue weighted by molar-refractivity contribution is 5.70. The monoisotopic (exact) mass is 267 g/mol. The van der Waals surface area contributed by atoms with E-state index in [-0.39, 0.29) is 12.6 Å². The number of carbonyl (C=O) groups excluding carboxylic acids is 1. The van der Waals surface area contributed by atoms with Crippen molar-refractivity contribution < 1.29 is 19.0 Å². The molecule has 0 saturated carbocycles. The first kappa shape index (κ1) is 15.5. The molecule has 0 radical (unpaired) electrons. The molecule has 0 aromatic heterocycles. The molecule has 5 nitrogen and oxygen atoms in total. The predicted octanol–water partition coefficient (Wildman–Crippen LogP) is 1.36. The Hall–Kier alpha value is -1.59. The van der Waals surface area contributed by atoms with Gasteiger partial charge in [-0.1, -0.05) is 12.1 Å². The maximum Gasteiger partial charge on any atom is 0.343 e. The van der Waals surface area contributed by atoms with Crippen LogP contribution in [0, 0.1) is 0 Å². The molecule has 5 heteroatoms. The molecule has 0 heterocycles. The number of benzene rings is 1. The molecule has 0 amide bonds. The number of carbonyl (C=O) groups is 1. The highest BCUT2D eigenvalue weighted by Gasteiger charge is 2.01. The highest BCUT2D eigenvalue weighted by Crippen LogP contribution is 2.12. The molecule has 1 aromatic carbocycles. The summed E-state index contributed by atoms with van der Waals surface area (Å²) in [6.45, 7) is 2.44. The van der Waals surface area contributed by atoms with Crippen LogP contribution in [0.1, 0.15) is 12.0 Å². The van der Waals surface area contributed by atoms with E-state index in [9.17, 15) is 4.79 Å². The fourth-order valence-electron chi connectivity index (χ4n) is 1.48. The topological polar surface area (TPSA) is 56.8 Å². The summed E-state index contributed by atoms with van der Waals surface area (Å²) in [5.41, 5.74) is 1.17. The summed E-state index contributed by atoms with van der Waals surface area (Å²) < 4.78 is 14.7. The average Bonchev–Trinajstić information content (AvgIpc) is 2.45. The molecule has 1 aromatic rings. The minimum atomic E-state index is -0.385. The Morgan fingerprint density at radius 2 is 1.95 bits per heavy atom. The van der Waals surface area contributed by atoms with E-state index in [1.165, 1.54) is 12.7 Å². The zero-order valence-electron chi connectivity index (χ0n) is 11.5. The van der Waals surface area contributed by atoms with Crippen molar-refractivity contribution in [3.05, 3.63) is 29.8 Å². The number of hydrogen-bond acceptors (Lipinski definition) is 5. The summed E-state index contributed by atoms with van der Waals surface area (Å²) in [4.78, 5) is 10.9. The van der Waals surface area contributed by atoms with Crippen molar-refractivity contribution in [3.63, 3.8) is 0 Å². The van der Waals surface area contributed by atoms with Gasteiger partial charge in [0.05, 0.1) is 7.11 Å². The van der Waals surface area contributed by atoms with Crippen molar-refractivity contribution in [1.82, 2.24) is 5.32 Å². The first-order chi connectivity index (χ1) is 9.26. The number of rotatable bonds is 9. The Balaban J connectivity index is 2.25. The van der Waals surface area contributed by atoms with Gasteiger partial charge in [0.2, 0.25) is 0 Å². The van der Waals surface area contributed by atoms with Crippen LogP contribution in [-0.2, 0) is 20.8 Å². The van der Waals surface area contributed by atoms with Crippen molar-refractivity contribution in [2.45, 2.75) is 13.0 Å². The molecule has 0 unspecified atom stereocenters. The molecule has 19 heavy (non-hydrogen) atoms. The van der Waals surface area contributed by atoms with Crippen molar-refractivity contribution in [2.24, 2.45) is 0 Å². The lowest BCUT2D eigenvalue weighted by molar-refractivity contribution is -0.142. The minimum Gasteiger partial charge on any atom is -0.482 e. The summed E-state index contributed by atoms with van der Waals surface area (Å²) in [6.07, 6.45) is 0.997. The van der Waals surface area contributed by atoms with Crippen LogP contribution in [0.5, 0.6) is 5.75 Å². The first-order valence-electron chi connectivity index (χ1n) is 6.24. The van der Waals surface area contributed by atoms with Gasteiger partial charge in [0, 0.05) is 20.3 Å². The van der Waals surface area contributed by atoms with Gasteiger partial charge in [-0.2, -0.15) is 0 Å². The average molecular weight is 267 g/mol. The quantitative estimate of drug-likeness (QED) is 0.541. The van der Waals surface area contributed by atoms with Crippen LogP contribution in [0.4, 0.5) is 0 Å². The third kappa shape index (κ3) is 6.79. The van der Waals surface area contributed by atoms with E-state index in [0.717, 1.165) is 26.1 Å². The fraction of sp³-hybridized carbons (Fsp3) is 0.500. The summed E-state index contributed by atoms with van der Waals surface area (Å²) in [5, 5.41) is 3.32. The van der Waals surface area contributed by atoms with Crippen molar-refractivity contribution in [1.29, 1.82) is 0 Å². The maximum absolute atomic E-state index is 10.9. The second-order valence-corrected chi connectivity index (χ2v) is 4.03. The zero-order valence-corrected chi connectivity index (χ0v) is 11.5. The van der Waals surface area contributed by atoms with Gasteiger partial charge in [-0.05, 0) is 30.7 Å². The van der Waals surface area contributed by atoms with Gasteiger partial charge in [-0.15, -0.1) is 0 Å². The second-order valence-electron chi connectivity index (χ2n) is 4.03. The second kappa shape index (κ2) is 9.35. The van der Waals surface area contributed by atoms with Crippen LogP contribution in [0.15, 0.2) is 24.3 Å². The Kier molecular flexibility index (Phi) is 7.62. The van der Waals surface area contributed by atoms with Gasteiger partial charge in [-0.25, -0.2) is 4.79 Å². The van der Waals surface area contributed by atoms with E-state index in [0.29, 0.717) is 5.75 Å². The lowest BCUT2D eigenvalue weighted by Crippen LogP contribution is -2.16. The zero-order chi connectivity index (χ0) is 13.9. The molecule has 106 valence electrons. The summed E-state index contributed by atoms with van der Waals surface area (Å²) in [5.74, 6) is 0.275. The Morgan fingerprint density at radius 1 is 1.21 bits per heavy atom. The lowest BCUT2D eigenvalue weighted by atomic mass is 10.2. The smallest absolute Gasteiger partial charge is 0.343 e. The van der Waals surface area contributed by atoms with Gasteiger partial charge in [0.1, 0.15) is 5.75 Å². The number of ether oxygens (including phenoxy) is 3. The molecular formula is C14H21NO4. The van der Waals surface area contributed by atoms with E-state index >= 15 is 0 Å². The highest BCUT2D eigenvalue weighted by atomic mass is 16.6. The Morgan fingerprint density at radius 3 is 2.58 bits per heavy atom. The number of hydrogen-bond donors (Lipinski definition) is 1. The molecule has 0 bridgehead atoms. The number of nitrogens with one attached hydrogen (secondary N) is 1. The standard InChI is InChI=1S/C14H21NO4/c1-17-9-3-8-15-10-12-4-6-13(7-5-12)19-11-14(16)18-2/h4-7,15H,3,8-11H2,1-2H3. The molecular weight excluding hydrogens is 246 g/mol. The van der Waals surface area contributed by atoms with Crippen molar-refractivity contribution >= 4 is 5.97 Å². The van der Waals surface area contributed by atoms with Gasteiger partial charge in [0.15, 0.2) is 6.61 Å². The molecule has 0 aliphatic heterocycles. The summed E-state index contributed by atoms with van der Waals surface area (Å²) in [6, 6.07) is 7.62. The molecule has 0 aliphatic carbocycles. The first-order valence-corrected chi connectivity index (χ1v) is 6.24.